The van der Waals surface area contributed by atoms with Crippen LogP contribution in [0, 0.1) is 5.82 Å². The van der Waals surface area contributed by atoms with Gasteiger partial charge in [0.1, 0.15) is 5.82 Å². The molecule has 1 fully saturated rings. The number of dihydropyridines is 1. The Kier molecular flexibility index (Phi) is 5.58. The number of pyridine rings is 1. The van der Waals surface area contributed by atoms with Gasteiger partial charge in [-0.25, -0.2) is 4.39 Å². The summed E-state index contributed by atoms with van der Waals surface area (Å²) in [6.45, 7) is 2.02. The zero-order valence-electron chi connectivity index (χ0n) is 17.7. The van der Waals surface area contributed by atoms with Gasteiger partial charge in [-0.1, -0.05) is 18.2 Å². The number of anilines is 1. The van der Waals surface area contributed by atoms with E-state index in [0.29, 0.717) is 6.54 Å². The molecule has 6 heteroatoms. The Morgan fingerprint density at radius 3 is 2.78 bits per heavy atom. The van der Waals surface area contributed by atoms with Crippen LogP contribution in [0.3, 0.4) is 0 Å². The van der Waals surface area contributed by atoms with Crippen LogP contribution in [0.15, 0.2) is 78.8 Å². The van der Waals surface area contributed by atoms with Crippen LogP contribution in [0.2, 0.25) is 0 Å². The molecule has 0 radical (unpaired) electrons. The lowest BCUT2D eigenvalue weighted by molar-refractivity contribution is -0.128. The Morgan fingerprint density at radius 2 is 2.00 bits per heavy atom. The summed E-state index contributed by atoms with van der Waals surface area (Å²) in [6.07, 6.45) is 11.0. The number of amides is 1. The molecule has 1 aromatic heterocycles. The van der Waals surface area contributed by atoms with Crippen molar-refractivity contribution in [1.29, 1.82) is 0 Å². The molecule has 0 bridgehead atoms. The average Bonchev–Trinajstić information content (AvgIpc) is 2.84. The van der Waals surface area contributed by atoms with Crippen LogP contribution >= 0.6 is 0 Å². The third kappa shape index (κ3) is 4.21. The summed E-state index contributed by atoms with van der Waals surface area (Å²) in [5.74, 6) is -0.134. The van der Waals surface area contributed by atoms with Crippen LogP contribution in [-0.4, -0.2) is 41.5 Å². The van der Waals surface area contributed by atoms with E-state index < -0.39 is 0 Å². The van der Waals surface area contributed by atoms with Crippen LogP contribution in [0.25, 0.3) is 21.9 Å². The quantitative estimate of drug-likeness (QED) is 0.643. The highest BCUT2D eigenvalue weighted by Crippen LogP contribution is 2.32. The Labute approximate surface area is 186 Å². The Hall–Kier alpha value is -3.67. The van der Waals surface area contributed by atoms with E-state index in [1.165, 1.54) is 6.07 Å². The number of piperidine rings is 1. The highest BCUT2D eigenvalue weighted by Gasteiger charge is 2.25. The zero-order chi connectivity index (χ0) is 21.9. The first-order valence-corrected chi connectivity index (χ1v) is 11.0. The molecular formula is C26H25FN4O. The second kappa shape index (κ2) is 8.83. The van der Waals surface area contributed by atoms with Crippen molar-refractivity contribution < 1.29 is 9.18 Å². The molecule has 1 saturated heterocycles. The van der Waals surface area contributed by atoms with Crippen molar-refractivity contribution >= 4 is 22.4 Å². The Morgan fingerprint density at radius 1 is 1.12 bits per heavy atom. The maximum absolute atomic E-state index is 13.8. The van der Waals surface area contributed by atoms with E-state index in [-0.39, 0.29) is 17.8 Å². The van der Waals surface area contributed by atoms with Gasteiger partial charge < -0.3 is 15.5 Å². The molecule has 2 N–H and O–H groups in total. The Balaban J connectivity index is 1.35. The normalized spacial score (nSPS) is 16.5. The molecule has 0 atom stereocenters. The van der Waals surface area contributed by atoms with E-state index in [4.69, 9.17) is 0 Å². The molecule has 2 aliphatic heterocycles. The molecule has 3 aromatic rings. The third-order valence-electron chi connectivity index (χ3n) is 6.13. The molecule has 0 spiro atoms. The first-order chi connectivity index (χ1) is 15.7. The van der Waals surface area contributed by atoms with Crippen LogP contribution < -0.4 is 10.6 Å². The fourth-order valence-electron chi connectivity index (χ4n) is 4.41. The van der Waals surface area contributed by atoms with E-state index in [1.54, 1.807) is 18.3 Å². The average molecular weight is 429 g/mol. The van der Waals surface area contributed by atoms with Gasteiger partial charge in [0.2, 0.25) is 0 Å². The highest BCUT2D eigenvalue weighted by atomic mass is 19.1. The summed E-state index contributed by atoms with van der Waals surface area (Å²) >= 11 is 0. The monoisotopic (exact) mass is 428 g/mol. The lowest BCUT2D eigenvalue weighted by Crippen LogP contribution is -2.44. The van der Waals surface area contributed by atoms with Crippen LogP contribution in [0.4, 0.5) is 10.1 Å². The van der Waals surface area contributed by atoms with Crippen molar-refractivity contribution in [2.24, 2.45) is 0 Å². The SMILES string of the molecule is O=C(C1=CC=CNC1)N1CCC(Nc2cc(-c3cccc(F)c3)cc3ccncc23)CC1. The van der Waals surface area contributed by atoms with Crippen molar-refractivity contribution in [3.63, 3.8) is 0 Å². The van der Waals surface area contributed by atoms with Crippen molar-refractivity contribution in [1.82, 2.24) is 15.2 Å². The topological polar surface area (TPSA) is 57.3 Å². The maximum atomic E-state index is 13.8. The number of allylic oxidation sites excluding steroid dienone is 2. The number of likely N-dealkylation sites (tertiary alicyclic amines) is 1. The minimum absolute atomic E-state index is 0.114. The summed E-state index contributed by atoms with van der Waals surface area (Å²) in [5, 5.41) is 8.87. The summed E-state index contributed by atoms with van der Waals surface area (Å²) in [6, 6.07) is 13.0. The fraction of sp³-hybridized carbons (Fsp3) is 0.231. The number of benzene rings is 2. The molecule has 0 unspecified atom stereocenters. The van der Waals surface area contributed by atoms with E-state index in [2.05, 4.69) is 27.8 Å². The number of hydrogen-bond donors (Lipinski definition) is 2. The summed E-state index contributed by atoms with van der Waals surface area (Å²) < 4.78 is 13.8. The van der Waals surface area contributed by atoms with Gasteiger partial charge in [-0.2, -0.15) is 0 Å². The largest absolute Gasteiger partial charge is 0.387 e. The molecule has 3 heterocycles. The number of nitrogens with zero attached hydrogens (tertiary/aromatic N) is 2. The lowest BCUT2D eigenvalue weighted by atomic mass is 9.98. The Bertz CT molecular complexity index is 1210. The number of carbonyl (C=O) groups is 1. The van der Waals surface area contributed by atoms with Crippen molar-refractivity contribution in [3.8, 4) is 11.1 Å². The molecule has 0 aliphatic carbocycles. The van der Waals surface area contributed by atoms with Crippen LogP contribution in [0.1, 0.15) is 12.8 Å². The third-order valence-corrected chi connectivity index (χ3v) is 6.13. The standard InChI is InChI=1S/C26H25FN4O/c27-22-5-1-3-18(14-22)21-13-19-6-10-29-17-24(19)25(15-21)30-23-7-11-31(12-8-23)26(32)20-4-2-9-28-16-20/h1-6,9-10,13-15,17,23,28,30H,7-8,11-12,16H2. The molecule has 2 aromatic carbocycles. The highest BCUT2D eigenvalue weighted by molar-refractivity contribution is 5.97. The molecule has 162 valence electrons. The van der Waals surface area contributed by atoms with Crippen LogP contribution in [-0.2, 0) is 4.79 Å². The minimum atomic E-state index is -0.248. The van der Waals surface area contributed by atoms with Gasteiger partial charge in [-0.15, -0.1) is 0 Å². The van der Waals surface area contributed by atoms with E-state index >= 15 is 0 Å². The molecular weight excluding hydrogens is 403 g/mol. The van der Waals surface area contributed by atoms with Crippen LogP contribution in [0.5, 0.6) is 0 Å². The molecule has 5 nitrogen and oxygen atoms in total. The number of nitrogens with one attached hydrogen (secondary N) is 2. The predicted octanol–water partition coefficient (Wildman–Crippen LogP) is 4.49. The summed E-state index contributed by atoms with van der Waals surface area (Å²) in [7, 11) is 0. The maximum Gasteiger partial charge on any atom is 0.251 e. The molecule has 1 amide bonds. The number of halogens is 1. The number of fused-ring (bicyclic) bond motifs is 1. The van der Waals surface area contributed by atoms with Gasteiger partial charge in [0, 0.05) is 54.7 Å². The van der Waals surface area contributed by atoms with E-state index in [0.717, 1.165) is 59.1 Å². The van der Waals surface area contributed by atoms with Gasteiger partial charge in [0.05, 0.1) is 0 Å². The van der Waals surface area contributed by atoms with Gasteiger partial charge in [0.25, 0.3) is 5.91 Å². The fourth-order valence-corrected chi connectivity index (χ4v) is 4.41. The summed E-state index contributed by atoms with van der Waals surface area (Å²) in [5.41, 5.74) is 3.60. The van der Waals surface area contributed by atoms with E-state index in [1.807, 2.05) is 41.6 Å². The van der Waals surface area contributed by atoms with Crippen molar-refractivity contribution in [2.45, 2.75) is 18.9 Å². The lowest BCUT2D eigenvalue weighted by Gasteiger charge is -2.34. The number of hydrogen-bond acceptors (Lipinski definition) is 4. The van der Waals surface area contributed by atoms with E-state index in [9.17, 15) is 9.18 Å². The second-order valence-electron chi connectivity index (χ2n) is 8.27. The van der Waals surface area contributed by atoms with Gasteiger partial charge in [-0.05, 0) is 72.0 Å². The number of rotatable bonds is 4. The smallest absolute Gasteiger partial charge is 0.251 e. The number of carbonyl (C=O) groups excluding carboxylic acids is 1. The van der Waals surface area contributed by atoms with Crippen molar-refractivity contribution in [3.05, 3.63) is 84.6 Å². The molecule has 0 saturated carbocycles. The molecule has 5 rings (SSSR count). The molecule has 32 heavy (non-hydrogen) atoms. The van der Waals surface area contributed by atoms with Gasteiger partial charge >= 0.3 is 0 Å². The van der Waals surface area contributed by atoms with Gasteiger partial charge in [-0.3, -0.25) is 9.78 Å². The predicted molar refractivity (Wildman–Crippen MR) is 126 cm³/mol. The van der Waals surface area contributed by atoms with Gasteiger partial charge in [0.15, 0.2) is 0 Å². The zero-order valence-corrected chi connectivity index (χ0v) is 17.7. The first-order valence-electron chi connectivity index (χ1n) is 11.0. The second-order valence-corrected chi connectivity index (χ2v) is 8.27. The summed E-state index contributed by atoms with van der Waals surface area (Å²) in [4.78, 5) is 19.0. The number of aromatic nitrogens is 1. The first kappa shape index (κ1) is 20.2. The molecule has 2 aliphatic rings. The minimum Gasteiger partial charge on any atom is -0.387 e. The van der Waals surface area contributed by atoms with Crippen molar-refractivity contribution in [2.75, 3.05) is 25.0 Å².